The lowest BCUT2D eigenvalue weighted by atomic mass is 9.84. The number of methoxy groups -OCH3 is 1. The Bertz CT molecular complexity index is 569. The smallest absolute Gasteiger partial charge is 0.225 e. The molecule has 0 aromatic heterocycles. The molecule has 0 bridgehead atoms. The van der Waals surface area contributed by atoms with E-state index in [4.69, 9.17) is 4.74 Å². The summed E-state index contributed by atoms with van der Waals surface area (Å²) in [7, 11) is 1.61. The molecule has 1 aliphatic carbocycles. The molecule has 0 spiro atoms. The van der Waals surface area contributed by atoms with Gasteiger partial charge in [-0.1, -0.05) is 12.1 Å². The van der Waals surface area contributed by atoms with Crippen LogP contribution in [0, 0.1) is 12.8 Å². The lowest BCUT2D eigenvalue weighted by Gasteiger charge is -2.39. The lowest BCUT2D eigenvalue weighted by Crippen LogP contribution is -2.51. The number of carbonyl (C=O) groups excluding carboxylic acids is 1. The van der Waals surface area contributed by atoms with Crippen molar-refractivity contribution in [3.63, 3.8) is 0 Å². The Morgan fingerprint density at radius 1 is 1.21 bits per heavy atom. The molecule has 2 aliphatic rings. The number of carbonyl (C=O) groups is 1. The molecule has 0 radical (unpaired) electrons. The largest absolute Gasteiger partial charge is 0.390 e. The van der Waals surface area contributed by atoms with Gasteiger partial charge in [0.05, 0.1) is 12.2 Å². The van der Waals surface area contributed by atoms with Crippen LogP contribution in [0.25, 0.3) is 0 Å². The maximum absolute atomic E-state index is 12.8. The highest BCUT2D eigenvalue weighted by atomic mass is 16.5. The van der Waals surface area contributed by atoms with E-state index in [0.29, 0.717) is 12.8 Å². The van der Waals surface area contributed by atoms with Crippen molar-refractivity contribution in [3.8, 4) is 0 Å². The first-order valence-electron chi connectivity index (χ1n) is 8.89. The molecule has 132 valence electrons. The van der Waals surface area contributed by atoms with Crippen LogP contribution in [0.15, 0.2) is 24.3 Å². The van der Waals surface area contributed by atoms with E-state index in [1.165, 1.54) is 11.3 Å². The highest BCUT2D eigenvalue weighted by molar-refractivity contribution is 5.79. The van der Waals surface area contributed by atoms with Crippen LogP contribution in [-0.4, -0.2) is 61.4 Å². The predicted molar refractivity (Wildman–Crippen MR) is 94.1 cm³/mol. The SMILES string of the molecule is CO[C@@H]1C[C@H](C(=O)N2CCN(c3cccc(C)c3)CC2)CC[C@@H]1O. The number of ether oxygens (including phenoxy) is 1. The molecule has 24 heavy (non-hydrogen) atoms. The zero-order valence-electron chi connectivity index (χ0n) is 14.6. The molecule has 1 aliphatic heterocycles. The van der Waals surface area contributed by atoms with E-state index in [1.807, 2.05) is 4.90 Å². The lowest BCUT2D eigenvalue weighted by molar-refractivity contribution is -0.141. The number of rotatable bonds is 3. The fourth-order valence-electron chi connectivity index (χ4n) is 3.86. The van der Waals surface area contributed by atoms with Crippen molar-refractivity contribution in [2.45, 2.75) is 38.4 Å². The fourth-order valence-corrected chi connectivity index (χ4v) is 3.86. The summed E-state index contributed by atoms with van der Waals surface area (Å²) in [6.07, 6.45) is 1.41. The second-order valence-corrected chi connectivity index (χ2v) is 7.00. The predicted octanol–water partition coefficient (Wildman–Crippen LogP) is 1.82. The van der Waals surface area contributed by atoms with Gasteiger partial charge in [-0.15, -0.1) is 0 Å². The summed E-state index contributed by atoms with van der Waals surface area (Å²) in [5.74, 6) is 0.219. The molecule has 5 nitrogen and oxygen atoms in total. The fraction of sp³-hybridized carbons (Fsp3) is 0.632. The summed E-state index contributed by atoms with van der Waals surface area (Å²) >= 11 is 0. The number of amides is 1. The molecule has 3 rings (SSSR count). The van der Waals surface area contributed by atoms with Crippen molar-refractivity contribution in [3.05, 3.63) is 29.8 Å². The van der Waals surface area contributed by atoms with Gasteiger partial charge in [0.15, 0.2) is 0 Å². The van der Waals surface area contributed by atoms with Gasteiger partial charge in [0, 0.05) is 44.9 Å². The zero-order chi connectivity index (χ0) is 17.1. The zero-order valence-corrected chi connectivity index (χ0v) is 14.6. The van der Waals surface area contributed by atoms with E-state index in [1.54, 1.807) is 7.11 Å². The minimum atomic E-state index is -0.433. The molecule has 1 amide bonds. The summed E-state index contributed by atoms with van der Waals surface area (Å²) < 4.78 is 5.33. The third-order valence-electron chi connectivity index (χ3n) is 5.37. The Hall–Kier alpha value is -1.59. The van der Waals surface area contributed by atoms with E-state index < -0.39 is 6.10 Å². The molecule has 1 saturated heterocycles. The Morgan fingerprint density at radius 2 is 1.96 bits per heavy atom. The molecule has 1 aromatic rings. The van der Waals surface area contributed by atoms with Gasteiger partial charge in [0.25, 0.3) is 0 Å². The van der Waals surface area contributed by atoms with Crippen LogP contribution in [0.1, 0.15) is 24.8 Å². The number of benzene rings is 1. The van der Waals surface area contributed by atoms with E-state index in [9.17, 15) is 9.90 Å². The van der Waals surface area contributed by atoms with Gasteiger partial charge >= 0.3 is 0 Å². The Kier molecular flexibility index (Phi) is 5.41. The van der Waals surface area contributed by atoms with Crippen LogP contribution >= 0.6 is 0 Å². The molecule has 0 unspecified atom stereocenters. The van der Waals surface area contributed by atoms with Crippen LogP contribution in [0.3, 0.4) is 0 Å². The Morgan fingerprint density at radius 3 is 2.62 bits per heavy atom. The molecule has 2 fully saturated rings. The van der Waals surface area contributed by atoms with Crippen LogP contribution in [0.2, 0.25) is 0 Å². The third-order valence-corrected chi connectivity index (χ3v) is 5.37. The maximum atomic E-state index is 12.8. The van der Waals surface area contributed by atoms with Gasteiger partial charge in [-0.2, -0.15) is 0 Å². The van der Waals surface area contributed by atoms with Gasteiger partial charge in [-0.05, 0) is 43.9 Å². The molecule has 5 heteroatoms. The minimum Gasteiger partial charge on any atom is -0.390 e. The number of aliphatic hydroxyl groups is 1. The van der Waals surface area contributed by atoms with E-state index >= 15 is 0 Å². The molecule has 1 aromatic carbocycles. The van der Waals surface area contributed by atoms with Crippen LogP contribution in [-0.2, 0) is 9.53 Å². The normalized spacial score (nSPS) is 28.0. The van der Waals surface area contributed by atoms with Crippen molar-refractivity contribution in [1.82, 2.24) is 4.90 Å². The highest BCUT2D eigenvalue weighted by Gasteiger charge is 2.35. The summed E-state index contributed by atoms with van der Waals surface area (Å²) in [5.41, 5.74) is 2.50. The average Bonchev–Trinajstić information content (AvgIpc) is 2.62. The second-order valence-electron chi connectivity index (χ2n) is 7.00. The second kappa shape index (κ2) is 7.53. The van der Waals surface area contributed by atoms with Crippen molar-refractivity contribution in [2.75, 3.05) is 38.2 Å². The van der Waals surface area contributed by atoms with Gasteiger partial charge in [0.1, 0.15) is 0 Å². The summed E-state index contributed by atoms with van der Waals surface area (Å²) in [5, 5.41) is 9.91. The van der Waals surface area contributed by atoms with Crippen LogP contribution < -0.4 is 4.90 Å². The number of anilines is 1. The maximum Gasteiger partial charge on any atom is 0.225 e. The van der Waals surface area contributed by atoms with E-state index in [0.717, 1.165) is 32.6 Å². The van der Waals surface area contributed by atoms with Crippen LogP contribution in [0.5, 0.6) is 0 Å². The van der Waals surface area contributed by atoms with Gasteiger partial charge in [-0.25, -0.2) is 0 Å². The Labute approximate surface area is 144 Å². The number of aliphatic hydroxyl groups excluding tert-OH is 1. The van der Waals surface area contributed by atoms with Gasteiger partial charge in [-0.3, -0.25) is 4.79 Å². The number of hydrogen-bond acceptors (Lipinski definition) is 4. The monoisotopic (exact) mass is 332 g/mol. The number of aryl methyl sites for hydroxylation is 1. The third kappa shape index (κ3) is 3.73. The molecule has 1 saturated carbocycles. The number of hydrogen-bond donors (Lipinski definition) is 1. The molecular weight excluding hydrogens is 304 g/mol. The number of nitrogens with zero attached hydrogens (tertiary/aromatic N) is 2. The van der Waals surface area contributed by atoms with E-state index in [2.05, 4.69) is 36.1 Å². The molecule has 3 atom stereocenters. The van der Waals surface area contributed by atoms with Crippen molar-refractivity contribution in [1.29, 1.82) is 0 Å². The topological polar surface area (TPSA) is 53.0 Å². The molecule has 1 N–H and O–H groups in total. The van der Waals surface area contributed by atoms with Gasteiger partial charge < -0.3 is 19.6 Å². The van der Waals surface area contributed by atoms with Crippen molar-refractivity contribution in [2.24, 2.45) is 5.92 Å². The first-order valence-corrected chi connectivity index (χ1v) is 8.89. The van der Waals surface area contributed by atoms with Crippen LogP contribution in [0.4, 0.5) is 5.69 Å². The summed E-state index contributed by atoms with van der Waals surface area (Å²) in [6.45, 7) is 5.39. The standard InChI is InChI=1S/C19H28N2O3/c1-14-4-3-5-16(12-14)20-8-10-21(11-9-20)19(23)15-6-7-17(22)18(13-15)24-2/h3-5,12,15,17-18,22H,6-11,13H2,1-2H3/t15-,17+,18-/m1/s1. The van der Waals surface area contributed by atoms with Crippen molar-refractivity contribution < 1.29 is 14.6 Å². The summed E-state index contributed by atoms with van der Waals surface area (Å²) in [4.78, 5) is 17.1. The first-order chi connectivity index (χ1) is 11.6. The molecular formula is C19H28N2O3. The van der Waals surface area contributed by atoms with Gasteiger partial charge in [0.2, 0.25) is 5.91 Å². The van der Waals surface area contributed by atoms with E-state index in [-0.39, 0.29) is 17.9 Å². The first kappa shape index (κ1) is 17.2. The minimum absolute atomic E-state index is 0.0103. The van der Waals surface area contributed by atoms with Crippen molar-refractivity contribution >= 4 is 11.6 Å². The number of piperazine rings is 1. The molecule has 1 heterocycles. The Balaban J connectivity index is 1.55. The quantitative estimate of drug-likeness (QED) is 0.917. The highest BCUT2D eigenvalue weighted by Crippen LogP contribution is 2.28. The summed E-state index contributed by atoms with van der Waals surface area (Å²) in [6, 6.07) is 8.52. The average molecular weight is 332 g/mol.